The van der Waals surface area contributed by atoms with Crippen LogP contribution in [-0.2, 0) is 12.8 Å². The van der Waals surface area contributed by atoms with Gasteiger partial charge in [0.15, 0.2) is 0 Å². The van der Waals surface area contributed by atoms with Crippen LogP contribution in [0.3, 0.4) is 0 Å². The molecule has 1 aromatic carbocycles. The quantitative estimate of drug-likeness (QED) is 0.803. The largest absolute Gasteiger partial charge is 0.310 e. The molecule has 0 saturated carbocycles. The van der Waals surface area contributed by atoms with Gasteiger partial charge in [0.1, 0.15) is 0 Å². The average Bonchev–Trinajstić information content (AvgIpc) is 3.06. The summed E-state index contributed by atoms with van der Waals surface area (Å²) in [7, 11) is 0. The summed E-state index contributed by atoms with van der Waals surface area (Å²) < 4.78 is 1.26. The Hall–Kier alpha value is -0.640. The summed E-state index contributed by atoms with van der Waals surface area (Å²) in [5, 5.41) is 8.25. The molecule has 1 aliphatic rings. The minimum absolute atomic E-state index is 0.461. The van der Waals surface area contributed by atoms with E-state index in [9.17, 15) is 0 Å². The second-order valence-corrected chi connectivity index (χ2v) is 7.14. The van der Waals surface area contributed by atoms with Gasteiger partial charge in [-0.2, -0.15) is 11.3 Å². The lowest BCUT2D eigenvalue weighted by Crippen LogP contribution is -2.29. The summed E-state index contributed by atoms with van der Waals surface area (Å²) in [6, 6.07) is 9.36. The van der Waals surface area contributed by atoms with Gasteiger partial charge in [-0.15, -0.1) is 0 Å². The normalized spacial score (nSPS) is 16.3. The molecule has 1 heterocycles. The maximum atomic E-state index is 3.77. The Kier molecular flexibility index (Phi) is 4.59. The van der Waals surface area contributed by atoms with Gasteiger partial charge in [0, 0.05) is 15.9 Å². The number of benzene rings is 1. The summed E-state index contributed by atoms with van der Waals surface area (Å²) in [4.78, 5) is 0. The lowest BCUT2D eigenvalue weighted by atomic mass is 9.92. The Bertz CT molecular complexity index is 553. The summed E-state index contributed by atoms with van der Waals surface area (Å²) in [6.07, 6.45) is 3.57. The van der Waals surface area contributed by atoms with E-state index in [0.717, 1.165) is 6.54 Å². The van der Waals surface area contributed by atoms with E-state index in [-0.39, 0.29) is 0 Å². The number of nitrogens with one attached hydrogen (secondary N) is 1. The van der Waals surface area contributed by atoms with Crippen molar-refractivity contribution in [2.45, 2.75) is 32.2 Å². The Morgan fingerprint density at radius 2 is 1.95 bits per heavy atom. The molecular weight excluding hydrogens is 330 g/mol. The van der Waals surface area contributed by atoms with Crippen molar-refractivity contribution in [1.82, 2.24) is 5.32 Å². The van der Waals surface area contributed by atoms with Gasteiger partial charge < -0.3 is 5.32 Å². The monoisotopic (exact) mass is 349 g/mol. The third-order valence-corrected chi connectivity index (χ3v) is 5.90. The van der Waals surface area contributed by atoms with Crippen LogP contribution in [0.25, 0.3) is 0 Å². The highest BCUT2D eigenvalue weighted by atomic mass is 79.9. The summed E-state index contributed by atoms with van der Waals surface area (Å²) in [5.41, 5.74) is 4.50. The van der Waals surface area contributed by atoms with E-state index < -0.39 is 0 Å². The van der Waals surface area contributed by atoms with E-state index in [1.54, 1.807) is 11.3 Å². The van der Waals surface area contributed by atoms with Gasteiger partial charge in [0.25, 0.3) is 0 Å². The SMILES string of the molecule is CCCNC(c1cscc1Br)C1Cc2ccccc2C1. The highest BCUT2D eigenvalue weighted by Crippen LogP contribution is 2.38. The van der Waals surface area contributed by atoms with Crippen molar-refractivity contribution in [2.24, 2.45) is 5.92 Å². The Balaban J connectivity index is 1.83. The Labute approximate surface area is 133 Å². The highest BCUT2D eigenvalue weighted by molar-refractivity contribution is 9.10. The molecule has 1 N–H and O–H groups in total. The molecule has 0 aliphatic heterocycles. The highest BCUT2D eigenvalue weighted by Gasteiger charge is 2.30. The maximum absolute atomic E-state index is 3.77. The van der Waals surface area contributed by atoms with Crippen molar-refractivity contribution in [2.75, 3.05) is 6.54 Å². The van der Waals surface area contributed by atoms with Crippen molar-refractivity contribution < 1.29 is 0 Å². The zero-order valence-electron chi connectivity index (χ0n) is 11.7. The van der Waals surface area contributed by atoms with Gasteiger partial charge in [0.05, 0.1) is 0 Å². The molecule has 0 amide bonds. The van der Waals surface area contributed by atoms with Crippen LogP contribution >= 0.6 is 27.3 Å². The van der Waals surface area contributed by atoms with Crippen LogP contribution in [-0.4, -0.2) is 6.54 Å². The third-order valence-electron chi connectivity index (χ3n) is 4.15. The molecule has 3 heteroatoms. The van der Waals surface area contributed by atoms with E-state index in [1.165, 1.54) is 40.4 Å². The first kappa shape index (κ1) is 14.3. The fourth-order valence-corrected chi connectivity index (χ4v) is 4.75. The van der Waals surface area contributed by atoms with Gasteiger partial charge in [-0.1, -0.05) is 31.2 Å². The molecule has 0 bridgehead atoms. The van der Waals surface area contributed by atoms with Crippen molar-refractivity contribution in [3.63, 3.8) is 0 Å². The lowest BCUT2D eigenvalue weighted by Gasteiger charge is -2.25. The van der Waals surface area contributed by atoms with Crippen molar-refractivity contribution in [1.29, 1.82) is 0 Å². The molecule has 20 heavy (non-hydrogen) atoms. The van der Waals surface area contributed by atoms with Crippen LogP contribution in [0, 0.1) is 5.92 Å². The van der Waals surface area contributed by atoms with Gasteiger partial charge in [-0.3, -0.25) is 0 Å². The summed E-state index contributed by atoms with van der Waals surface area (Å²) in [6.45, 7) is 3.32. The van der Waals surface area contributed by atoms with E-state index in [4.69, 9.17) is 0 Å². The van der Waals surface area contributed by atoms with Crippen LogP contribution in [0.5, 0.6) is 0 Å². The topological polar surface area (TPSA) is 12.0 Å². The molecule has 106 valence electrons. The lowest BCUT2D eigenvalue weighted by molar-refractivity contribution is 0.374. The van der Waals surface area contributed by atoms with Crippen LogP contribution in [0.2, 0.25) is 0 Å². The molecular formula is C17H20BrNS. The molecule has 1 unspecified atom stereocenters. The van der Waals surface area contributed by atoms with E-state index in [1.807, 2.05) is 0 Å². The molecule has 0 spiro atoms. The molecule has 3 rings (SSSR count). The molecule has 0 fully saturated rings. The van der Waals surface area contributed by atoms with Gasteiger partial charge >= 0.3 is 0 Å². The van der Waals surface area contributed by atoms with Crippen LogP contribution in [0.1, 0.15) is 36.1 Å². The van der Waals surface area contributed by atoms with Crippen LogP contribution in [0.4, 0.5) is 0 Å². The molecule has 0 radical (unpaired) electrons. The fourth-order valence-electron chi connectivity index (χ4n) is 3.17. The van der Waals surface area contributed by atoms with Crippen molar-refractivity contribution in [3.8, 4) is 0 Å². The maximum Gasteiger partial charge on any atom is 0.0374 e. The predicted octanol–water partition coefficient (Wildman–Crippen LogP) is 4.97. The van der Waals surface area contributed by atoms with E-state index >= 15 is 0 Å². The average molecular weight is 350 g/mol. The number of hydrogen-bond acceptors (Lipinski definition) is 2. The molecule has 1 aliphatic carbocycles. The number of hydrogen-bond donors (Lipinski definition) is 1. The number of rotatable bonds is 5. The first-order valence-electron chi connectivity index (χ1n) is 7.31. The molecule has 1 atom stereocenters. The minimum Gasteiger partial charge on any atom is -0.310 e. The number of thiophene rings is 1. The van der Waals surface area contributed by atoms with Gasteiger partial charge in [-0.05, 0) is 69.7 Å². The number of fused-ring (bicyclic) bond motifs is 1. The second kappa shape index (κ2) is 6.42. The standard InChI is InChI=1S/C17H20BrNS/c1-2-7-19-17(15-10-20-11-16(15)18)14-8-12-5-3-4-6-13(12)9-14/h3-6,10-11,14,17,19H,2,7-9H2,1H3. The molecule has 2 aromatic rings. The van der Waals surface area contributed by atoms with Crippen LogP contribution in [0.15, 0.2) is 39.5 Å². The molecule has 0 saturated heterocycles. The number of halogens is 1. The zero-order chi connectivity index (χ0) is 13.9. The summed E-state index contributed by atoms with van der Waals surface area (Å²) in [5.74, 6) is 0.671. The molecule has 1 aromatic heterocycles. The Morgan fingerprint density at radius 1 is 1.25 bits per heavy atom. The predicted molar refractivity (Wildman–Crippen MR) is 90.4 cm³/mol. The first-order chi connectivity index (χ1) is 9.79. The van der Waals surface area contributed by atoms with Crippen LogP contribution < -0.4 is 5.32 Å². The van der Waals surface area contributed by atoms with E-state index in [2.05, 4.69) is 63.2 Å². The summed E-state index contributed by atoms with van der Waals surface area (Å²) >= 11 is 5.50. The van der Waals surface area contributed by atoms with E-state index in [0.29, 0.717) is 12.0 Å². The molecule has 1 nitrogen and oxygen atoms in total. The minimum atomic E-state index is 0.461. The van der Waals surface area contributed by atoms with Gasteiger partial charge in [0.2, 0.25) is 0 Å². The van der Waals surface area contributed by atoms with Crippen molar-refractivity contribution in [3.05, 3.63) is 56.2 Å². The third kappa shape index (κ3) is 2.85. The van der Waals surface area contributed by atoms with Gasteiger partial charge in [-0.25, -0.2) is 0 Å². The second-order valence-electron chi connectivity index (χ2n) is 5.54. The van der Waals surface area contributed by atoms with Crippen molar-refractivity contribution >= 4 is 27.3 Å². The zero-order valence-corrected chi connectivity index (χ0v) is 14.1. The fraction of sp³-hybridized carbons (Fsp3) is 0.412. The smallest absolute Gasteiger partial charge is 0.0374 e. The Morgan fingerprint density at radius 3 is 2.50 bits per heavy atom. The first-order valence-corrected chi connectivity index (χ1v) is 9.05.